The second kappa shape index (κ2) is 5.45. The number of ether oxygens (including phenoxy) is 1. The lowest BCUT2D eigenvalue weighted by atomic mass is 10.1. The first-order valence-corrected chi connectivity index (χ1v) is 7.01. The first-order chi connectivity index (χ1) is 8.96. The van der Waals surface area contributed by atoms with Gasteiger partial charge in [0.15, 0.2) is 0 Å². The molecule has 0 saturated heterocycles. The molecule has 0 unspecified atom stereocenters. The van der Waals surface area contributed by atoms with Gasteiger partial charge in [-0.3, -0.25) is 5.32 Å². The lowest BCUT2D eigenvalue weighted by Gasteiger charge is -2.20. The first kappa shape index (κ1) is 13.6. The van der Waals surface area contributed by atoms with E-state index in [-0.39, 0.29) is 0 Å². The number of hydrogen-bond donors (Lipinski definition) is 1. The third-order valence-electron chi connectivity index (χ3n) is 2.39. The summed E-state index contributed by atoms with van der Waals surface area (Å²) in [5.74, 6) is 0. The van der Waals surface area contributed by atoms with E-state index in [2.05, 4.69) is 10.7 Å². The van der Waals surface area contributed by atoms with Crippen molar-refractivity contribution >= 4 is 23.1 Å². The summed E-state index contributed by atoms with van der Waals surface area (Å²) in [5.41, 5.74) is 2.35. The van der Waals surface area contributed by atoms with Crippen LogP contribution in [0.4, 0.5) is 10.5 Å². The average Bonchev–Trinajstić information content (AvgIpc) is 2.80. The van der Waals surface area contributed by atoms with E-state index < -0.39 is 11.7 Å². The molecule has 4 heteroatoms. The van der Waals surface area contributed by atoms with E-state index in [1.165, 1.54) is 0 Å². The van der Waals surface area contributed by atoms with Crippen LogP contribution in [0.5, 0.6) is 0 Å². The molecule has 0 aliphatic carbocycles. The number of nitrogens with one attached hydrogen (secondary N) is 1. The molecule has 100 valence electrons. The van der Waals surface area contributed by atoms with Gasteiger partial charge < -0.3 is 4.74 Å². The van der Waals surface area contributed by atoms with Gasteiger partial charge in [-0.15, -0.1) is 0 Å². The van der Waals surface area contributed by atoms with E-state index in [9.17, 15) is 4.79 Å². The number of anilines is 1. The van der Waals surface area contributed by atoms with E-state index in [1.807, 2.05) is 56.5 Å². The summed E-state index contributed by atoms with van der Waals surface area (Å²) in [5, 5.41) is 6.86. The number of hydrogen-bond acceptors (Lipinski definition) is 3. The molecule has 1 N–H and O–H groups in total. The molecule has 1 amide bonds. The maximum absolute atomic E-state index is 11.8. The van der Waals surface area contributed by atoms with Crippen LogP contribution in [-0.2, 0) is 4.74 Å². The normalized spacial score (nSPS) is 11.1. The number of rotatable bonds is 2. The second-order valence-electron chi connectivity index (χ2n) is 5.18. The minimum absolute atomic E-state index is 0.435. The van der Waals surface area contributed by atoms with E-state index in [0.29, 0.717) is 0 Å². The molecule has 1 aromatic carbocycles. The Hall–Kier alpha value is -1.81. The quantitative estimate of drug-likeness (QED) is 0.858. The molecule has 0 aliphatic rings. The summed E-state index contributed by atoms with van der Waals surface area (Å²) in [6.45, 7) is 5.53. The smallest absolute Gasteiger partial charge is 0.412 e. The van der Waals surface area contributed by atoms with Crippen molar-refractivity contribution in [1.82, 2.24) is 0 Å². The van der Waals surface area contributed by atoms with Crippen LogP contribution in [0.2, 0.25) is 0 Å². The van der Waals surface area contributed by atoms with E-state index in [0.717, 1.165) is 16.8 Å². The summed E-state index contributed by atoms with van der Waals surface area (Å²) in [4.78, 5) is 11.8. The van der Waals surface area contributed by atoms with Gasteiger partial charge in [-0.25, -0.2) is 4.79 Å². The molecule has 2 rings (SSSR count). The van der Waals surface area contributed by atoms with Crippen LogP contribution in [0.1, 0.15) is 20.8 Å². The second-order valence-corrected chi connectivity index (χ2v) is 5.96. The number of para-hydroxylation sites is 1. The maximum Gasteiger partial charge on any atom is 0.412 e. The van der Waals surface area contributed by atoms with Gasteiger partial charge in [0.25, 0.3) is 0 Å². The molecule has 1 heterocycles. The predicted molar refractivity (Wildman–Crippen MR) is 79.6 cm³/mol. The van der Waals surface area contributed by atoms with Gasteiger partial charge in [0.2, 0.25) is 0 Å². The highest BCUT2D eigenvalue weighted by Gasteiger charge is 2.17. The highest BCUT2D eigenvalue weighted by molar-refractivity contribution is 7.08. The summed E-state index contributed by atoms with van der Waals surface area (Å²) in [6.07, 6.45) is -0.435. The van der Waals surface area contributed by atoms with Crippen molar-refractivity contribution < 1.29 is 9.53 Å². The molecular weight excluding hydrogens is 258 g/mol. The number of benzene rings is 1. The van der Waals surface area contributed by atoms with Crippen molar-refractivity contribution in [3.8, 4) is 11.1 Å². The molecule has 0 atom stereocenters. The van der Waals surface area contributed by atoms with Gasteiger partial charge in [-0.2, -0.15) is 11.3 Å². The van der Waals surface area contributed by atoms with E-state index in [1.54, 1.807) is 11.3 Å². The van der Waals surface area contributed by atoms with Crippen LogP contribution in [0.25, 0.3) is 11.1 Å². The molecule has 0 spiro atoms. The summed E-state index contributed by atoms with van der Waals surface area (Å²) >= 11 is 1.63. The molecule has 0 saturated carbocycles. The molecule has 19 heavy (non-hydrogen) atoms. The lowest BCUT2D eigenvalue weighted by molar-refractivity contribution is 0.0636. The van der Waals surface area contributed by atoms with Gasteiger partial charge in [0, 0.05) is 5.56 Å². The third-order valence-corrected chi connectivity index (χ3v) is 3.08. The van der Waals surface area contributed by atoms with Crippen LogP contribution in [-0.4, -0.2) is 11.7 Å². The van der Waals surface area contributed by atoms with Gasteiger partial charge in [0.1, 0.15) is 5.60 Å². The molecule has 3 nitrogen and oxygen atoms in total. The van der Waals surface area contributed by atoms with Crippen molar-refractivity contribution in [2.45, 2.75) is 26.4 Å². The number of amides is 1. The molecular formula is C15H17NO2S. The fraction of sp³-hybridized carbons (Fsp3) is 0.267. The largest absolute Gasteiger partial charge is 0.444 e. The first-order valence-electron chi connectivity index (χ1n) is 6.07. The Labute approximate surface area is 117 Å². The predicted octanol–water partition coefficient (Wildman–Crippen LogP) is 4.76. The van der Waals surface area contributed by atoms with Crippen LogP contribution >= 0.6 is 11.3 Å². The monoisotopic (exact) mass is 275 g/mol. The van der Waals surface area contributed by atoms with Crippen molar-refractivity contribution in [2.24, 2.45) is 0 Å². The van der Waals surface area contributed by atoms with Crippen molar-refractivity contribution in [3.05, 3.63) is 41.1 Å². The zero-order valence-corrected chi connectivity index (χ0v) is 12.1. The van der Waals surface area contributed by atoms with Crippen LogP contribution in [0.15, 0.2) is 41.1 Å². The maximum atomic E-state index is 11.8. The number of carbonyl (C=O) groups is 1. The average molecular weight is 275 g/mol. The lowest BCUT2D eigenvalue weighted by Crippen LogP contribution is -2.27. The highest BCUT2D eigenvalue weighted by Crippen LogP contribution is 2.29. The number of carbonyl (C=O) groups excluding carboxylic acids is 1. The topological polar surface area (TPSA) is 38.3 Å². The molecule has 2 aromatic rings. The van der Waals surface area contributed by atoms with Crippen LogP contribution < -0.4 is 5.32 Å². The van der Waals surface area contributed by atoms with Crippen molar-refractivity contribution in [3.63, 3.8) is 0 Å². The SMILES string of the molecule is CC(C)(C)OC(=O)Nc1ccccc1-c1ccsc1. The number of thiophene rings is 1. The van der Waals surface area contributed by atoms with E-state index >= 15 is 0 Å². The summed E-state index contributed by atoms with van der Waals surface area (Å²) in [7, 11) is 0. The Morgan fingerprint density at radius 2 is 1.95 bits per heavy atom. The fourth-order valence-electron chi connectivity index (χ4n) is 1.68. The van der Waals surface area contributed by atoms with Gasteiger partial charge in [0.05, 0.1) is 5.69 Å². The Balaban J connectivity index is 2.20. The van der Waals surface area contributed by atoms with Gasteiger partial charge in [-0.1, -0.05) is 18.2 Å². The summed E-state index contributed by atoms with van der Waals surface area (Å²) < 4.78 is 5.27. The zero-order chi connectivity index (χ0) is 13.9. The van der Waals surface area contributed by atoms with Crippen molar-refractivity contribution in [1.29, 1.82) is 0 Å². The Morgan fingerprint density at radius 3 is 2.58 bits per heavy atom. The Bertz CT molecular complexity index is 556. The van der Waals surface area contributed by atoms with Gasteiger partial charge in [-0.05, 0) is 49.2 Å². The molecule has 0 bridgehead atoms. The third kappa shape index (κ3) is 3.83. The van der Waals surface area contributed by atoms with Gasteiger partial charge >= 0.3 is 6.09 Å². The Kier molecular flexibility index (Phi) is 3.90. The van der Waals surface area contributed by atoms with Crippen LogP contribution in [0.3, 0.4) is 0 Å². The minimum atomic E-state index is -0.499. The molecule has 0 radical (unpaired) electrons. The van der Waals surface area contributed by atoms with Crippen molar-refractivity contribution in [2.75, 3.05) is 5.32 Å². The van der Waals surface area contributed by atoms with Crippen LogP contribution in [0, 0.1) is 0 Å². The molecule has 0 aliphatic heterocycles. The Morgan fingerprint density at radius 1 is 1.21 bits per heavy atom. The minimum Gasteiger partial charge on any atom is -0.444 e. The van der Waals surface area contributed by atoms with E-state index in [4.69, 9.17) is 4.74 Å². The standard InChI is InChI=1S/C15H17NO2S/c1-15(2,3)18-14(17)16-13-7-5-4-6-12(13)11-8-9-19-10-11/h4-10H,1-3H3,(H,16,17). The fourth-order valence-corrected chi connectivity index (χ4v) is 2.33. The molecule has 1 aromatic heterocycles. The zero-order valence-electron chi connectivity index (χ0n) is 11.3. The molecule has 0 fully saturated rings. The summed E-state index contributed by atoms with van der Waals surface area (Å²) in [6, 6.07) is 9.72. The highest BCUT2D eigenvalue weighted by atomic mass is 32.1.